The Morgan fingerprint density at radius 2 is 2.07 bits per heavy atom. The van der Waals surface area contributed by atoms with Crippen LogP contribution in [0.25, 0.3) is 6.08 Å². The van der Waals surface area contributed by atoms with Crippen molar-refractivity contribution in [3.8, 4) is 5.75 Å². The number of carbonyl (C=O) groups excluding carboxylic acids is 1. The Morgan fingerprint density at radius 3 is 2.64 bits per heavy atom. The molecule has 0 unspecified atom stereocenters. The summed E-state index contributed by atoms with van der Waals surface area (Å²) in [7, 11) is 1.53. The maximum Gasteiger partial charge on any atom is 1.00 e. The molecular weight excluding hydrogens is 191 g/mol. The first kappa shape index (κ1) is 13.2. The molecule has 0 radical (unpaired) electrons. The zero-order valence-electron chi connectivity index (χ0n) is 8.19. The average molecular weight is 200 g/mol. The molecule has 3 nitrogen and oxygen atoms in total. The Bertz CT molecular complexity index is 334. The van der Waals surface area contributed by atoms with Crippen molar-refractivity contribution in [1.29, 1.82) is 0 Å². The largest absolute Gasteiger partial charge is 1.00 e. The molecule has 0 spiro atoms. The van der Waals surface area contributed by atoms with Crippen molar-refractivity contribution in [1.82, 2.24) is 0 Å². The van der Waals surface area contributed by atoms with Crippen molar-refractivity contribution < 1.29 is 44.2 Å². The van der Waals surface area contributed by atoms with E-state index in [0.29, 0.717) is 11.3 Å². The second-order valence-corrected chi connectivity index (χ2v) is 2.39. The van der Waals surface area contributed by atoms with E-state index in [9.17, 15) is 9.90 Å². The topological polar surface area (TPSA) is 49.4 Å². The molecule has 1 rings (SSSR count). The Labute approximate surface area is 105 Å². The minimum atomic E-state index is -1.22. The molecule has 1 aromatic carbocycles. The molecule has 0 aliphatic rings. The molecule has 4 heteroatoms. The zero-order valence-corrected chi connectivity index (χ0v) is 10.2. The third-order valence-electron chi connectivity index (χ3n) is 1.54. The minimum Gasteiger partial charge on any atom is -0.545 e. The van der Waals surface area contributed by atoms with Gasteiger partial charge in [0, 0.05) is 5.56 Å². The van der Waals surface area contributed by atoms with E-state index in [-0.39, 0.29) is 29.6 Å². The van der Waals surface area contributed by atoms with Crippen LogP contribution in [0, 0.1) is 0 Å². The van der Waals surface area contributed by atoms with Gasteiger partial charge in [0.1, 0.15) is 5.75 Å². The summed E-state index contributed by atoms with van der Waals surface area (Å²) in [5.74, 6) is -0.578. The summed E-state index contributed by atoms with van der Waals surface area (Å²) in [4.78, 5) is 10.1. The first-order chi connectivity index (χ1) is 6.24. The Morgan fingerprint density at radius 1 is 1.43 bits per heavy atom. The van der Waals surface area contributed by atoms with Gasteiger partial charge in [-0.2, -0.15) is 0 Å². The van der Waals surface area contributed by atoms with Crippen LogP contribution in [-0.2, 0) is 4.79 Å². The Hall–Kier alpha value is -0.770. The molecule has 0 aliphatic carbocycles. The smallest absolute Gasteiger partial charge is 0.545 e. The van der Waals surface area contributed by atoms with Gasteiger partial charge < -0.3 is 14.6 Å². The van der Waals surface area contributed by atoms with E-state index in [1.54, 1.807) is 18.2 Å². The number of rotatable bonds is 3. The van der Waals surface area contributed by atoms with E-state index in [0.717, 1.165) is 6.08 Å². The van der Waals surface area contributed by atoms with Gasteiger partial charge in [-0.15, -0.1) is 0 Å². The van der Waals surface area contributed by atoms with Crippen LogP contribution in [0.5, 0.6) is 5.75 Å². The van der Waals surface area contributed by atoms with Gasteiger partial charge >= 0.3 is 29.6 Å². The van der Waals surface area contributed by atoms with Crippen molar-refractivity contribution in [3.63, 3.8) is 0 Å². The molecular formula is C10H9NaO3. The van der Waals surface area contributed by atoms with Crippen molar-refractivity contribution in [2.24, 2.45) is 0 Å². The van der Waals surface area contributed by atoms with Crippen molar-refractivity contribution in [3.05, 3.63) is 35.9 Å². The minimum absolute atomic E-state index is 0. The van der Waals surface area contributed by atoms with E-state index in [1.807, 2.05) is 6.07 Å². The monoisotopic (exact) mass is 200 g/mol. The molecule has 14 heavy (non-hydrogen) atoms. The molecule has 68 valence electrons. The van der Waals surface area contributed by atoms with E-state index in [1.165, 1.54) is 13.2 Å². The van der Waals surface area contributed by atoms with Gasteiger partial charge in [0.05, 0.1) is 13.1 Å². The number of ether oxygens (including phenoxy) is 1. The number of para-hydroxylation sites is 1. The molecule has 1 aromatic rings. The standard InChI is InChI=1S/C10H10O3.Na/c1-13-9-5-3-2-4-8(9)6-7-10(11)12;/h2-7H,1H3,(H,11,12);/q;+1/p-1. The predicted octanol–water partition coefficient (Wildman–Crippen LogP) is -2.54. The van der Waals surface area contributed by atoms with E-state index < -0.39 is 5.97 Å². The fraction of sp³-hybridized carbons (Fsp3) is 0.100. The van der Waals surface area contributed by atoms with Gasteiger partial charge in [0.25, 0.3) is 0 Å². The second-order valence-electron chi connectivity index (χ2n) is 2.39. The van der Waals surface area contributed by atoms with Crippen molar-refractivity contribution in [2.45, 2.75) is 0 Å². The summed E-state index contributed by atoms with van der Waals surface area (Å²) in [5.41, 5.74) is 0.717. The molecule has 0 bridgehead atoms. The van der Waals surface area contributed by atoms with Gasteiger partial charge in [0.15, 0.2) is 0 Å². The van der Waals surface area contributed by atoms with Crippen LogP contribution in [-0.4, -0.2) is 13.1 Å². The number of carboxylic acid groups (broad SMARTS) is 1. The maximum atomic E-state index is 10.1. The summed E-state index contributed by atoms with van der Waals surface area (Å²) in [5, 5.41) is 10.1. The number of aliphatic carboxylic acids is 1. The van der Waals surface area contributed by atoms with Crippen LogP contribution in [0.2, 0.25) is 0 Å². The van der Waals surface area contributed by atoms with Crippen LogP contribution in [0.15, 0.2) is 30.3 Å². The summed E-state index contributed by atoms with van der Waals surface area (Å²) in [6.45, 7) is 0. The molecule has 0 fully saturated rings. The fourth-order valence-corrected chi connectivity index (χ4v) is 0.962. The number of methoxy groups -OCH3 is 1. The third kappa shape index (κ3) is 3.96. The van der Waals surface area contributed by atoms with E-state index >= 15 is 0 Å². The van der Waals surface area contributed by atoms with Gasteiger partial charge in [-0.25, -0.2) is 0 Å². The summed E-state index contributed by atoms with van der Waals surface area (Å²) in [6, 6.07) is 7.14. The first-order valence-electron chi connectivity index (χ1n) is 3.76. The Kier molecular flexibility index (Phi) is 6.28. The predicted molar refractivity (Wildman–Crippen MR) is 47.0 cm³/mol. The maximum absolute atomic E-state index is 10.1. The number of hydrogen-bond donors (Lipinski definition) is 0. The SMILES string of the molecule is COc1ccccc1C=CC(=O)[O-].[Na+]. The normalized spacial score (nSPS) is 9.50. The van der Waals surface area contributed by atoms with Gasteiger partial charge in [0.2, 0.25) is 0 Å². The summed E-state index contributed by atoms with van der Waals surface area (Å²) in [6.07, 6.45) is 2.41. The molecule has 0 N–H and O–H groups in total. The van der Waals surface area contributed by atoms with Crippen molar-refractivity contribution >= 4 is 12.0 Å². The number of carboxylic acids is 1. The van der Waals surface area contributed by atoms with Crippen LogP contribution in [0.4, 0.5) is 0 Å². The van der Waals surface area contributed by atoms with Crippen LogP contribution >= 0.6 is 0 Å². The quantitative estimate of drug-likeness (QED) is 0.399. The van der Waals surface area contributed by atoms with Crippen LogP contribution < -0.4 is 39.4 Å². The van der Waals surface area contributed by atoms with Crippen LogP contribution in [0.1, 0.15) is 5.56 Å². The molecule has 0 atom stereocenters. The summed E-state index contributed by atoms with van der Waals surface area (Å²) >= 11 is 0. The molecule has 0 aliphatic heterocycles. The average Bonchev–Trinajstić information content (AvgIpc) is 2.15. The van der Waals surface area contributed by atoms with E-state index in [2.05, 4.69) is 0 Å². The van der Waals surface area contributed by atoms with Gasteiger partial charge in [-0.3, -0.25) is 0 Å². The Balaban J connectivity index is 0.00000169. The second kappa shape index (κ2) is 6.65. The third-order valence-corrected chi connectivity index (χ3v) is 1.54. The fourth-order valence-electron chi connectivity index (χ4n) is 0.962. The zero-order chi connectivity index (χ0) is 9.68. The molecule has 0 amide bonds. The number of benzene rings is 1. The molecule has 0 aromatic heterocycles. The van der Waals surface area contributed by atoms with Gasteiger partial charge in [-0.05, 0) is 18.2 Å². The van der Waals surface area contributed by atoms with Gasteiger partial charge in [-0.1, -0.05) is 18.2 Å². The molecule has 0 saturated carbocycles. The summed E-state index contributed by atoms with van der Waals surface area (Å²) < 4.78 is 5.01. The van der Waals surface area contributed by atoms with Crippen LogP contribution in [0.3, 0.4) is 0 Å². The number of hydrogen-bond acceptors (Lipinski definition) is 3. The molecule has 0 saturated heterocycles. The number of carbonyl (C=O) groups is 1. The van der Waals surface area contributed by atoms with Crippen molar-refractivity contribution in [2.75, 3.05) is 7.11 Å². The first-order valence-corrected chi connectivity index (χ1v) is 3.76. The van der Waals surface area contributed by atoms with E-state index in [4.69, 9.17) is 4.74 Å². The molecule has 0 heterocycles.